The maximum Gasteiger partial charge on any atom is 0.348 e. The third-order valence-electron chi connectivity index (χ3n) is 2.13. The van der Waals surface area contributed by atoms with Crippen LogP contribution < -0.4 is 0 Å². The average molecular weight is 303 g/mol. The van der Waals surface area contributed by atoms with E-state index < -0.39 is 20.3 Å². The largest absolute Gasteiger partial charge is 0.368 e. The van der Waals surface area contributed by atoms with Crippen LogP contribution in [0, 0.1) is 0 Å². The summed E-state index contributed by atoms with van der Waals surface area (Å²) >= 11 is 4.58. The molecule has 0 radical (unpaired) electrons. The second-order valence-electron chi connectivity index (χ2n) is 3.80. The molecule has 1 aliphatic heterocycles. The summed E-state index contributed by atoms with van der Waals surface area (Å²) in [5, 5.41) is 0. The molecule has 0 saturated carbocycles. The lowest BCUT2D eigenvalue weighted by Crippen LogP contribution is -2.43. The quantitative estimate of drug-likeness (QED) is 0.538. The van der Waals surface area contributed by atoms with E-state index in [0.717, 1.165) is 5.82 Å². The number of rotatable bonds is 3. The Morgan fingerprint density at radius 2 is 1.94 bits per heavy atom. The van der Waals surface area contributed by atoms with Crippen molar-refractivity contribution >= 4 is 26.0 Å². The Labute approximate surface area is 104 Å². The van der Waals surface area contributed by atoms with Gasteiger partial charge in [0.05, 0.1) is 12.2 Å². The summed E-state index contributed by atoms with van der Waals surface area (Å²) in [5.74, 6) is 0.742. The van der Waals surface area contributed by atoms with Gasteiger partial charge in [-0.25, -0.2) is 4.67 Å². The Balaban J connectivity index is 2.73. The Bertz CT molecular complexity index is 390. The first-order chi connectivity index (χ1) is 7.58. The van der Waals surface area contributed by atoms with Gasteiger partial charge in [0.15, 0.2) is 0 Å². The predicted octanol–water partition coefficient (Wildman–Crippen LogP) is -0.0238. The number of hydrogen-bond acceptors (Lipinski definition) is 3. The number of morpholine rings is 1. The summed E-state index contributed by atoms with van der Waals surface area (Å²) in [5.41, 5.74) is 0. The van der Waals surface area contributed by atoms with Crippen molar-refractivity contribution < 1.29 is 28.9 Å². The van der Waals surface area contributed by atoms with E-state index >= 15 is 0 Å². The first-order valence-corrected chi connectivity index (χ1v) is 9.13. The molecule has 0 amide bonds. The maximum atomic E-state index is 10.7. The number of ether oxygens (including phenoxy) is 1. The van der Waals surface area contributed by atoms with Crippen molar-refractivity contribution in [1.29, 1.82) is 0 Å². The third kappa shape index (κ3) is 5.70. The van der Waals surface area contributed by atoms with Crippen LogP contribution in [0.25, 0.3) is 0 Å². The van der Waals surface area contributed by atoms with Crippen molar-refractivity contribution in [2.24, 2.45) is 0 Å². The second kappa shape index (κ2) is 5.57. The van der Waals surface area contributed by atoms with Gasteiger partial charge >= 0.3 is 7.60 Å². The zero-order chi connectivity index (χ0) is 13.3. The van der Waals surface area contributed by atoms with E-state index in [4.69, 9.17) is 14.5 Å². The van der Waals surface area contributed by atoms with Gasteiger partial charge in [-0.3, -0.25) is 4.57 Å². The van der Waals surface area contributed by atoms with Gasteiger partial charge in [-0.2, -0.15) is 0 Å². The van der Waals surface area contributed by atoms with E-state index in [2.05, 4.69) is 11.8 Å². The van der Waals surface area contributed by atoms with Crippen molar-refractivity contribution in [1.82, 2.24) is 4.67 Å². The molecule has 100 valence electrons. The van der Waals surface area contributed by atoms with Crippen LogP contribution in [0.3, 0.4) is 0 Å². The minimum absolute atomic E-state index is 0.102. The van der Waals surface area contributed by atoms with Crippen LogP contribution in [0.2, 0.25) is 0 Å². The van der Waals surface area contributed by atoms with Crippen molar-refractivity contribution in [3.05, 3.63) is 11.9 Å². The van der Waals surface area contributed by atoms with E-state index in [0.29, 0.717) is 0 Å². The van der Waals surface area contributed by atoms with Gasteiger partial charge in [0.25, 0.3) is 6.64 Å². The lowest BCUT2D eigenvalue weighted by molar-refractivity contribution is -0.0335. The molecule has 7 nitrogen and oxygen atoms in total. The van der Waals surface area contributed by atoms with E-state index in [1.807, 2.05) is 0 Å². The van der Waals surface area contributed by atoms with E-state index in [-0.39, 0.29) is 19.2 Å². The lowest BCUT2D eigenvalue weighted by atomic mass is 10.2. The fraction of sp³-hybridized carbons (Fsp3) is 0.714. The van der Waals surface area contributed by atoms with Gasteiger partial charge in [0, 0.05) is 18.9 Å². The van der Waals surface area contributed by atoms with Gasteiger partial charge in [-0.1, -0.05) is 0 Å². The molecule has 17 heavy (non-hydrogen) atoms. The molecule has 10 heteroatoms. The lowest BCUT2D eigenvalue weighted by Gasteiger charge is -2.37. The molecule has 0 bridgehead atoms. The highest BCUT2D eigenvalue weighted by atomic mass is 32.5. The molecular formula is C7H15NO6P2S. The summed E-state index contributed by atoms with van der Waals surface area (Å²) < 4.78 is 17.3. The van der Waals surface area contributed by atoms with Crippen LogP contribution >= 0.6 is 14.2 Å². The monoisotopic (exact) mass is 303 g/mol. The highest BCUT2D eigenvalue weighted by Gasteiger charge is 2.31. The minimum Gasteiger partial charge on any atom is -0.368 e. The van der Waals surface area contributed by atoms with Gasteiger partial charge in [-0.15, -0.1) is 0 Å². The molecule has 1 aliphatic rings. The van der Waals surface area contributed by atoms with Crippen LogP contribution in [-0.4, -0.2) is 49.5 Å². The molecule has 1 saturated heterocycles. The van der Waals surface area contributed by atoms with Crippen molar-refractivity contribution in [2.75, 3.05) is 13.1 Å². The molecule has 4 N–H and O–H groups in total. The highest BCUT2D eigenvalue weighted by molar-refractivity contribution is 8.07. The second-order valence-corrected chi connectivity index (χ2v) is 8.34. The first kappa shape index (κ1) is 15.4. The number of hydrogen-bond donors (Lipinski definition) is 4. The molecular weight excluding hydrogens is 288 g/mol. The van der Waals surface area contributed by atoms with Gasteiger partial charge < -0.3 is 24.3 Å². The minimum atomic E-state index is -4.23. The molecule has 1 fully saturated rings. The molecule has 0 spiro atoms. The highest BCUT2D eigenvalue weighted by Crippen LogP contribution is 2.43. The van der Waals surface area contributed by atoms with E-state index in [9.17, 15) is 14.4 Å². The summed E-state index contributed by atoms with van der Waals surface area (Å²) in [6.07, 6.45) is 0.304. The van der Waals surface area contributed by atoms with Crippen LogP contribution in [0.15, 0.2) is 11.9 Å². The fourth-order valence-corrected chi connectivity index (χ4v) is 3.12. The van der Waals surface area contributed by atoms with E-state index in [1.54, 1.807) is 6.92 Å². The van der Waals surface area contributed by atoms with Crippen LogP contribution in [-0.2, 0) is 21.1 Å². The average Bonchev–Trinajstić information content (AvgIpc) is 2.11. The molecule has 0 unspecified atom stereocenters. The SMILES string of the molecule is C[C@H]1CN(P(O)(O)=S)C[C@@H](/C=C\P(=O)(O)O)O1. The van der Waals surface area contributed by atoms with Gasteiger partial charge in [0.2, 0.25) is 0 Å². The Morgan fingerprint density at radius 3 is 2.41 bits per heavy atom. The maximum absolute atomic E-state index is 10.7. The Hall–Kier alpha value is 0.380. The smallest absolute Gasteiger partial charge is 0.348 e. The van der Waals surface area contributed by atoms with Crippen LogP contribution in [0.5, 0.6) is 0 Å². The summed E-state index contributed by atoms with van der Waals surface area (Å²) in [7, 11) is -4.23. The van der Waals surface area contributed by atoms with Crippen LogP contribution in [0.1, 0.15) is 6.92 Å². The van der Waals surface area contributed by atoms with Crippen LogP contribution in [0.4, 0.5) is 0 Å². The first-order valence-electron chi connectivity index (χ1n) is 4.79. The number of nitrogens with zero attached hydrogens (tertiary/aromatic N) is 1. The Kier molecular flexibility index (Phi) is 5.06. The molecule has 0 aromatic carbocycles. The standard InChI is InChI=1S/C7H15NO6P2S/c1-6-4-8(16(12,13)17)5-7(14-6)2-3-15(9,10)11/h2-3,6-7H,4-5H2,1H3,(H2,9,10,11)(H2,12,13,17)/b3-2-/t6-,7+/m0/s1. The van der Waals surface area contributed by atoms with E-state index in [1.165, 1.54) is 10.7 Å². The molecule has 1 rings (SSSR count). The summed E-state index contributed by atoms with van der Waals surface area (Å²) in [4.78, 5) is 36.1. The third-order valence-corrected chi connectivity index (χ3v) is 4.45. The Morgan fingerprint density at radius 1 is 1.35 bits per heavy atom. The normalized spacial score (nSPS) is 28.8. The molecule has 0 aromatic heterocycles. The molecule has 1 heterocycles. The topological polar surface area (TPSA) is 110 Å². The van der Waals surface area contributed by atoms with Crippen molar-refractivity contribution in [3.8, 4) is 0 Å². The zero-order valence-corrected chi connectivity index (χ0v) is 11.7. The molecule has 0 aliphatic carbocycles. The zero-order valence-electron chi connectivity index (χ0n) is 9.08. The molecule has 0 aromatic rings. The molecule has 2 atom stereocenters. The summed E-state index contributed by atoms with van der Waals surface area (Å²) in [6.45, 7) is -1.42. The van der Waals surface area contributed by atoms with Crippen molar-refractivity contribution in [3.63, 3.8) is 0 Å². The fourth-order valence-electron chi connectivity index (χ4n) is 1.49. The predicted molar refractivity (Wildman–Crippen MR) is 65.8 cm³/mol. The van der Waals surface area contributed by atoms with Gasteiger partial charge in [-0.05, 0) is 24.8 Å². The summed E-state index contributed by atoms with van der Waals surface area (Å²) in [6, 6.07) is 0. The van der Waals surface area contributed by atoms with Gasteiger partial charge in [0.1, 0.15) is 0 Å². The van der Waals surface area contributed by atoms with Crippen molar-refractivity contribution in [2.45, 2.75) is 19.1 Å².